The quantitative estimate of drug-likeness (QED) is 0.249. The van der Waals surface area contributed by atoms with E-state index >= 15 is 4.39 Å². The molecule has 264 valence electrons. The van der Waals surface area contributed by atoms with E-state index in [1.165, 1.54) is 30.3 Å². The van der Waals surface area contributed by atoms with Gasteiger partial charge in [-0.15, -0.1) is 0 Å². The monoisotopic (exact) mass is 697 g/mol. The first-order valence-electron chi connectivity index (χ1n) is 14.9. The summed E-state index contributed by atoms with van der Waals surface area (Å²) in [6.07, 6.45) is -5.48. The van der Waals surface area contributed by atoms with Gasteiger partial charge in [-0.25, -0.2) is 27.7 Å². The third-order valence-electron chi connectivity index (χ3n) is 7.61. The molecule has 0 aliphatic carbocycles. The highest BCUT2D eigenvalue weighted by Gasteiger charge is 2.37. The first kappa shape index (κ1) is 37.1. The van der Waals surface area contributed by atoms with Crippen LogP contribution in [0.4, 0.5) is 41.6 Å². The summed E-state index contributed by atoms with van der Waals surface area (Å²) >= 11 is 0. The fraction of sp³-hybridized carbons (Fsp3) is 0.375. The standard InChI is InChI=1S/C32H33F6N5O6/c1-47-31(46)43(29(44)28(39)27(18-5-7-20(33)8-6-18)19-3-2-4-21(34)11-19)26-14-40-13-25(35)24(26)10-9-23-12-41-22(15-48-23)16-49-30(45)42-17-32(36,37)38/h2-8,11,13-14,22-23,27-28,41H,9-10,12,15-17,39H2,1H3,(H,42,45)/t22-,23+,27-,28-/m0/s1. The lowest BCUT2D eigenvalue weighted by atomic mass is 9.84. The summed E-state index contributed by atoms with van der Waals surface area (Å²) in [6.45, 7) is -1.61. The number of alkyl halides is 3. The Kier molecular flexibility index (Phi) is 12.5. The maximum atomic E-state index is 15.3. The molecule has 1 aromatic heterocycles. The van der Waals surface area contributed by atoms with Crippen molar-refractivity contribution in [3.63, 3.8) is 0 Å². The van der Waals surface area contributed by atoms with Crippen LogP contribution in [0, 0.1) is 17.5 Å². The van der Waals surface area contributed by atoms with Crippen molar-refractivity contribution in [2.75, 3.05) is 38.3 Å². The van der Waals surface area contributed by atoms with E-state index in [0.717, 1.165) is 37.7 Å². The number of carbonyl (C=O) groups is 3. The molecule has 11 nitrogen and oxygen atoms in total. The number of methoxy groups -OCH3 is 1. The van der Waals surface area contributed by atoms with Crippen LogP contribution in [0.25, 0.3) is 0 Å². The number of aromatic nitrogens is 1. The molecule has 1 saturated heterocycles. The number of carbonyl (C=O) groups excluding carboxylic acids is 3. The van der Waals surface area contributed by atoms with Gasteiger partial charge in [-0.1, -0.05) is 24.3 Å². The predicted octanol–water partition coefficient (Wildman–Crippen LogP) is 4.34. The first-order chi connectivity index (χ1) is 23.3. The summed E-state index contributed by atoms with van der Waals surface area (Å²) in [5.41, 5.74) is 6.70. The number of hydrogen-bond acceptors (Lipinski definition) is 9. The number of anilines is 1. The summed E-state index contributed by atoms with van der Waals surface area (Å²) in [7, 11) is 1.01. The molecule has 4 N–H and O–H groups in total. The van der Waals surface area contributed by atoms with Crippen molar-refractivity contribution < 1.29 is 54.9 Å². The van der Waals surface area contributed by atoms with Crippen LogP contribution in [0.2, 0.25) is 0 Å². The average Bonchev–Trinajstić information content (AvgIpc) is 3.07. The second kappa shape index (κ2) is 16.6. The van der Waals surface area contributed by atoms with Crippen LogP contribution in [0.3, 0.4) is 0 Å². The minimum atomic E-state index is -4.59. The summed E-state index contributed by atoms with van der Waals surface area (Å²) in [5, 5.41) is 4.62. The highest BCUT2D eigenvalue weighted by Crippen LogP contribution is 2.32. The van der Waals surface area contributed by atoms with Crippen molar-refractivity contribution in [2.45, 2.75) is 43.1 Å². The van der Waals surface area contributed by atoms with Gasteiger partial charge in [0.15, 0.2) is 0 Å². The maximum Gasteiger partial charge on any atom is 0.421 e. The van der Waals surface area contributed by atoms with Gasteiger partial charge in [-0.3, -0.25) is 9.78 Å². The number of nitrogens with two attached hydrogens (primary N) is 1. The summed E-state index contributed by atoms with van der Waals surface area (Å²) in [6, 6.07) is 8.15. The number of pyridine rings is 1. The second-order valence-corrected chi connectivity index (χ2v) is 11.0. The van der Waals surface area contributed by atoms with Gasteiger partial charge in [0.05, 0.1) is 50.0 Å². The molecular weight excluding hydrogens is 664 g/mol. The lowest BCUT2D eigenvalue weighted by Gasteiger charge is -2.31. The van der Waals surface area contributed by atoms with Gasteiger partial charge < -0.3 is 30.6 Å². The molecule has 3 amide bonds. The van der Waals surface area contributed by atoms with E-state index in [0.29, 0.717) is 10.5 Å². The SMILES string of the molecule is COC(=O)N(C(=O)[C@@H](N)[C@@H](c1ccc(F)cc1)c1cccc(F)c1)c1cncc(F)c1CC[C@@H]1CN[C@H](COC(=O)NCC(F)(F)F)CO1. The summed E-state index contributed by atoms with van der Waals surface area (Å²) < 4.78 is 95.5. The van der Waals surface area contributed by atoms with Crippen molar-refractivity contribution >= 4 is 23.8 Å². The highest BCUT2D eigenvalue weighted by molar-refractivity contribution is 6.15. The van der Waals surface area contributed by atoms with E-state index in [4.69, 9.17) is 19.9 Å². The van der Waals surface area contributed by atoms with Crippen LogP contribution in [0.15, 0.2) is 60.9 Å². The highest BCUT2D eigenvalue weighted by atomic mass is 19.4. The Hall–Kier alpha value is -4.74. The number of imide groups is 1. The van der Waals surface area contributed by atoms with Gasteiger partial charge in [0.2, 0.25) is 0 Å². The van der Waals surface area contributed by atoms with Crippen LogP contribution >= 0.6 is 0 Å². The Morgan fingerprint density at radius 2 is 1.82 bits per heavy atom. The number of rotatable bonds is 11. The summed E-state index contributed by atoms with van der Waals surface area (Å²) in [4.78, 5) is 43.0. The minimum Gasteiger partial charge on any atom is -0.452 e. The molecule has 2 heterocycles. The number of ether oxygens (including phenoxy) is 3. The molecule has 0 spiro atoms. The van der Waals surface area contributed by atoms with Gasteiger partial charge in [0.25, 0.3) is 5.91 Å². The predicted molar refractivity (Wildman–Crippen MR) is 162 cm³/mol. The van der Waals surface area contributed by atoms with Crippen molar-refractivity contribution in [1.29, 1.82) is 0 Å². The van der Waals surface area contributed by atoms with E-state index in [2.05, 4.69) is 10.3 Å². The molecule has 1 aliphatic rings. The van der Waals surface area contributed by atoms with Gasteiger partial charge in [-0.05, 0) is 48.2 Å². The van der Waals surface area contributed by atoms with Crippen molar-refractivity contribution in [3.05, 3.63) is 95.1 Å². The molecule has 1 aliphatic heterocycles. The molecular formula is C32H33F6N5O6. The lowest BCUT2D eigenvalue weighted by molar-refractivity contribution is -0.124. The molecule has 4 rings (SSSR count). The molecule has 0 unspecified atom stereocenters. The van der Waals surface area contributed by atoms with Crippen molar-refractivity contribution in [1.82, 2.24) is 15.6 Å². The number of nitrogens with zero attached hydrogens (tertiary/aromatic N) is 2. The van der Waals surface area contributed by atoms with E-state index in [9.17, 15) is 36.3 Å². The lowest BCUT2D eigenvalue weighted by Crippen LogP contribution is -2.50. The molecule has 0 radical (unpaired) electrons. The molecule has 0 saturated carbocycles. The zero-order chi connectivity index (χ0) is 35.7. The fourth-order valence-electron chi connectivity index (χ4n) is 5.22. The van der Waals surface area contributed by atoms with Gasteiger partial charge in [0, 0.05) is 18.0 Å². The number of amides is 3. The van der Waals surface area contributed by atoms with Crippen molar-refractivity contribution in [2.24, 2.45) is 5.73 Å². The van der Waals surface area contributed by atoms with E-state index in [1.807, 2.05) is 0 Å². The number of nitrogens with one attached hydrogen (secondary N) is 2. The van der Waals surface area contributed by atoms with Crippen molar-refractivity contribution in [3.8, 4) is 0 Å². The molecule has 1 fully saturated rings. The Bertz CT molecular complexity index is 1600. The minimum absolute atomic E-state index is 0.00931. The number of alkyl carbamates (subject to hydrolysis) is 1. The molecule has 3 aromatic rings. The molecule has 49 heavy (non-hydrogen) atoms. The second-order valence-electron chi connectivity index (χ2n) is 11.0. The normalized spacial score (nSPS) is 17.5. The van der Waals surface area contributed by atoms with Crippen LogP contribution in [0.5, 0.6) is 0 Å². The fourth-order valence-corrected chi connectivity index (χ4v) is 5.22. The number of hydrogen-bond donors (Lipinski definition) is 3. The van der Waals surface area contributed by atoms with E-state index < -0.39 is 72.4 Å². The van der Waals surface area contributed by atoms with Crippen LogP contribution < -0.4 is 21.3 Å². The number of morpholine rings is 1. The average molecular weight is 698 g/mol. The van der Waals surface area contributed by atoms with Crippen LogP contribution in [-0.2, 0) is 25.4 Å². The summed E-state index contributed by atoms with van der Waals surface area (Å²) in [5.74, 6) is -4.17. The Morgan fingerprint density at radius 1 is 1.08 bits per heavy atom. The third kappa shape index (κ3) is 10.1. The van der Waals surface area contributed by atoms with Gasteiger partial charge in [-0.2, -0.15) is 13.2 Å². The van der Waals surface area contributed by atoms with E-state index in [1.54, 1.807) is 5.32 Å². The first-order valence-corrected chi connectivity index (χ1v) is 14.9. The third-order valence-corrected chi connectivity index (χ3v) is 7.61. The zero-order valence-corrected chi connectivity index (χ0v) is 26.0. The maximum absolute atomic E-state index is 15.3. The molecule has 2 aromatic carbocycles. The van der Waals surface area contributed by atoms with E-state index in [-0.39, 0.29) is 49.4 Å². The van der Waals surface area contributed by atoms with Crippen LogP contribution in [-0.4, -0.2) is 80.9 Å². The zero-order valence-electron chi connectivity index (χ0n) is 26.0. The number of halogens is 6. The molecule has 4 atom stereocenters. The van der Waals surface area contributed by atoms with Gasteiger partial charge in [0.1, 0.15) is 30.6 Å². The smallest absolute Gasteiger partial charge is 0.421 e. The Morgan fingerprint density at radius 3 is 2.45 bits per heavy atom. The number of benzene rings is 2. The Labute approximate surface area is 276 Å². The topological polar surface area (TPSA) is 145 Å². The van der Waals surface area contributed by atoms with Gasteiger partial charge >= 0.3 is 18.4 Å². The molecule has 0 bridgehead atoms. The van der Waals surface area contributed by atoms with Crippen LogP contribution in [0.1, 0.15) is 29.0 Å². The molecule has 17 heteroatoms. The largest absolute Gasteiger partial charge is 0.452 e. The Balaban J connectivity index is 1.49.